The van der Waals surface area contributed by atoms with E-state index >= 15 is 0 Å². The predicted molar refractivity (Wildman–Crippen MR) is 88.7 cm³/mol. The first-order chi connectivity index (χ1) is 11.5. The smallest absolute Gasteiger partial charge is 0.254 e. The van der Waals surface area contributed by atoms with Gasteiger partial charge < -0.3 is 10.5 Å². The second-order valence-corrected chi connectivity index (χ2v) is 6.47. The van der Waals surface area contributed by atoms with Crippen LogP contribution in [0, 0.1) is 11.6 Å². The number of carbonyl (C=O) groups excluding carboxylic acids is 1. The van der Waals surface area contributed by atoms with Gasteiger partial charge in [0.25, 0.3) is 5.91 Å². The summed E-state index contributed by atoms with van der Waals surface area (Å²) in [5.41, 5.74) is 4.95. The third-order valence-electron chi connectivity index (χ3n) is 3.27. The molecular formula is C16H11ClF2N2O2S. The molecule has 0 aliphatic heterocycles. The highest BCUT2D eigenvalue weighted by Gasteiger charge is 2.19. The number of ether oxygens (including phenoxy) is 1. The first kappa shape index (κ1) is 16.6. The lowest BCUT2D eigenvalue weighted by Crippen LogP contribution is -2.16. The van der Waals surface area contributed by atoms with Crippen LogP contribution < -0.4 is 10.5 Å². The van der Waals surface area contributed by atoms with E-state index in [0.717, 1.165) is 27.4 Å². The van der Waals surface area contributed by atoms with E-state index in [2.05, 4.69) is 4.98 Å². The van der Waals surface area contributed by atoms with Crippen molar-refractivity contribution in [3.8, 4) is 5.75 Å². The van der Waals surface area contributed by atoms with Crippen LogP contribution >= 0.6 is 22.9 Å². The van der Waals surface area contributed by atoms with E-state index in [1.807, 2.05) is 6.07 Å². The van der Waals surface area contributed by atoms with Crippen LogP contribution in [0.4, 0.5) is 8.78 Å². The average Bonchev–Trinajstić information content (AvgIpc) is 2.91. The lowest BCUT2D eigenvalue weighted by molar-refractivity contribution is 0.0991. The fourth-order valence-corrected chi connectivity index (χ4v) is 3.27. The van der Waals surface area contributed by atoms with Crippen LogP contribution in [-0.2, 0) is 6.42 Å². The van der Waals surface area contributed by atoms with Crippen LogP contribution in [0.25, 0.3) is 10.2 Å². The largest absolute Gasteiger partial charge is 0.490 e. The number of benzene rings is 2. The third kappa shape index (κ3) is 3.32. The molecule has 124 valence electrons. The molecule has 0 saturated heterocycles. The van der Waals surface area contributed by atoms with Crippen molar-refractivity contribution in [3.05, 3.63) is 57.6 Å². The summed E-state index contributed by atoms with van der Waals surface area (Å²) in [5.74, 6) is -3.53. The minimum atomic E-state index is -1.18. The monoisotopic (exact) mass is 368 g/mol. The molecule has 0 aliphatic carbocycles. The lowest BCUT2D eigenvalue weighted by Gasteiger charge is -2.08. The number of carbonyl (C=O) groups is 1. The van der Waals surface area contributed by atoms with Crippen LogP contribution in [0.5, 0.6) is 5.75 Å². The van der Waals surface area contributed by atoms with Gasteiger partial charge in [-0.25, -0.2) is 13.8 Å². The van der Waals surface area contributed by atoms with Crippen molar-refractivity contribution in [1.29, 1.82) is 0 Å². The molecule has 1 amide bonds. The molecule has 4 nitrogen and oxygen atoms in total. The number of thiazole rings is 1. The summed E-state index contributed by atoms with van der Waals surface area (Å²) < 4.78 is 33.7. The van der Waals surface area contributed by atoms with Crippen LogP contribution in [0.2, 0.25) is 5.02 Å². The first-order valence-corrected chi connectivity index (χ1v) is 8.10. The number of amides is 1. The second kappa shape index (κ2) is 6.70. The Hall–Kier alpha value is -2.25. The normalized spacial score (nSPS) is 11.0. The summed E-state index contributed by atoms with van der Waals surface area (Å²) in [4.78, 5) is 15.5. The fraction of sp³-hybridized carbons (Fsp3) is 0.125. The summed E-state index contributed by atoms with van der Waals surface area (Å²) in [6.07, 6.45) is 0.430. The Morgan fingerprint density at radius 3 is 2.83 bits per heavy atom. The van der Waals surface area contributed by atoms with E-state index in [0.29, 0.717) is 11.4 Å². The molecule has 3 rings (SSSR count). The Bertz CT molecular complexity index is 930. The maximum Gasteiger partial charge on any atom is 0.254 e. The van der Waals surface area contributed by atoms with Gasteiger partial charge in [-0.1, -0.05) is 11.6 Å². The van der Waals surface area contributed by atoms with Crippen molar-refractivity contribution < 1.29 is 18.3 Å². The number of hydrogen-bond donors (Lipinski definition) is 1. The molecule has 1 aromatic heterocycles. The van der Waals surface area contributed by atoms with Gasteiger partial charge in [0.2, 0.25) is 0 Å². The van der Waals surface area contributed by atoms with E-state index in [4.69, 9.17) is 22.1 Å². The zero-order chi connectivity index (χ0) is 17.3. The van der Waals surface area contributed by atoms with Gasteiger partial charge in [-0.15, -0.1) is 11.3 Å². The van der Waals surface area contributed by atoms with Gasteiger partial charge in [0.15, 0.2) is 11.6 Å². The Balaban J connectivity index is 1.72. The Labute approximate surface area is 144 Å². The van der Waals surface area contributed by atoms with E-state index in [1.54, 1.807) is 12.1 Å². The van der Waals surface area contributed by atoms with Gasteiger partial charge in [0, 0.05) is 11.4 Å². The van der Waals surface area contributed by atoms with Gasteiger partial charge >= 0.3 is 0 Å². The van der Waals surface area contributed by atoms with Crippen LogP contribution in [-0.4, -0.2) is 17.5 Å². The van der Waals surface area contributed by atoms with Crippen molar-refractivity contribution in [3.63, 3.8) is 0 Å². The van der Waals surface area contributed by atoms with Crippen LogP contribution in [0.1, 0.15) is 15.4 Å². The van der Waals surface area contributed by atoms with Crippen molar-refractivity contribution in [2.75, 3.05) is 6.61 Å². The number of halogens is 3. The quantitative estimate of drug-likeness (QED) is 0.741. The molecule has 24 heavy (non-hydrogen) atoms. The van der Waals surface area contributed by atoms with Crippen molar-refractivity contribution in [1.82, 2.24) is 4.98 Å². The number of primary amides is 1. The fourth-order valence-electron chi connectivity index (χ4n) is 2.17. The molecule has 0 radical (unpaired) electrons. The number of aromatic nitrogens is 1. The summed E-state index contributed by atoms with van der Waals surface area (Å²) in [7, 11) is 0. The SMILES string of the molecule is NC(=O)c1c(F)ccc(OCCc2nc3cc(Cl)ccc3s2)c1F. The molecule has 0 saturated carbocycles. The molecule has 1 heterocycles. The molecule has 2 aromatic carbocycles. The molecule has 2 N–H and O–H groups in total. The topological polar surface area (TPSA) is 65.2 Å². The van der Waals surface area contributed by atoms with Gasteiger partial charge in [-0.3, -0.25) is 4.79 Å². The lowest BCUT2D eigenvalue weighted by atomic mass is 10.1. The molecule has 0 aliphatic rings. The molecule has 0 bridgehead atoms. The Kier molecular flexibility index (Phi) is 4.64. The zero-order valence-corrected chi connectivity index (χ0v) is 13.8. The van der Waals surface area contributed by atoms with E-state index in [1.165, 1.54) is 11.3 Å². The number of rotatable bonds is 5. The Morgan fingerprint density at radius 1 is 1.29 bits per heavy atom. The first-order valence-electron chi connectivity index (χ1n) is 6.91. The Morgan fingerprint density at radius 2 is 2.08 bits per heavy atom. The average molecular weight is 369 g/mol. The highest BCUT2D eigenvalue weighted by atomic mass is 35.5. The van der Waals surface area contributed by atoms with Crippen LogP contribution in [0.3, 0.4) is 0 Å². The van der Waals surface area contributed by atoms with Crippen molar-refractivity contribution in [2.24, 2.45) is 5.73 Å². The van der Waals surface area contributed by atoms with Gasteiger partial charge in [0.05, 0.1) is 21.8 Å². The summed E-state index contributed by atoms with van der Waals surface area (Å²) in [6, 6.07) is 7.48. The highest BCUT2D eigenvalue weighted by molar-refractivity contribution is 7.18. The van der Waals surface area contributed by atoms with E-state index in [-0.39, 0.29) is 12.4 Å². The molecular weight excluding hydrogens is 358 g/mol. The second-order valence-electron chi connectivity index (χ2n) is 4.92. The summed E-state index contributed by atoms with van der Waals surface area (Å²) in [5, 5.41) is 1.40. The van der Waals surface area contributed by atoms with Crippen molar-refractivity contribution in [2.45, 2.75) is 6.42 Å². The number of nitrogens with zero attached hydrogens (tertiary/aromatic N) is 1. The molecule has 0 spiro atoms. The molecule has 0 atom stereocenters. The molecule has 3 aromatic rings. The van der Waals surface area contributed by atoms with Gasteiger partial charge in [-0.05, 0) is 30.3 Å². The van der Waals surface area contributed by atoms with Gasteiger partial charge in [-0.2, -0.15) is 0 Å². The molecule has 0 unspecified atom stereocenters. The standard InChI is InChI=1S/C16H11ClF2N2O2S/c17-8-1-4-12-10(7-8)21-13(24-12)5-6-23-11-3-2-9(18)14(15(11)19)16(20)22/h1-4,7H,5-6H2,(H2,20,22). The maximum atomic E-state index is 14.0. The highest BCUT2D eigenvalue weighted by Crippen LogP contribution is 2.26. The molecule has 0 fully saturated rings. The predicted octanol–water partition coefficient (Wildman–Crippen LogP) is 3.95. The number of fused-ring (bicyclic) bond motifs is 1. The summed E-state index contributed by atoms with van der Waals surface area (Å²) in [6.45, 7) is 0.119. The maximum absolute atomic E-state index is 14.0. The zero-order valence-electron chi connectivity index (χ0n) is 12.2. The van der Waals surface area contributed by atoms with Gasteiger partial charge in [0.1, 0.15) is 11.4 Å². The minimum Gasteiger partial charge on any atom is -0.490 e. The van der Waals surface area contributed by atoms with E-state index in [9.17, 15) is 13.6 Å². The van der Waals surface area contributed by atoms with E-state index < -0.39 is 23.1 Å². The van der Waals surface area contributed by atoms with Crippen molar-refractivity contribution >= 4 is 39.1 Å². The van der Waals surface area contributed by atoms with Crippen LogP contribution in [0.15, 0.2) is 30.3 Å². The number of nitrogens with two attached hydrogens (primary N) is 1. The molecule has 8 heteroatoms. The third-order valence-corrected chi connectivity index (χ3v) is 4.60. The number of hydrogen-bond acceptors (Lipinski definition) is 4. The summed E-state index contributed by atoms with van der Waals surface area (Å²) >= 11 is 7.39. The minimum absolute atomic E-state index is 0.119.